The molecule has 0 heterocycles. The Morgan fingerprint density at radius 1 is 1.04 bits per heavy atom. The summed E-state index contributed by atoms with van der Waals surface area (Å²) >= 11 is 1.77. The van der Waals surface area contributed by atoms with E-state index >= 15 is 0 Å². The molecule has 0 aliphatic heterocycles. The van der Waals surface area contributed by atoms with Crippen molar-refractivity contribution in [3.05, 3.63) is 65.2 Å². The number of benzene rings is 2. The van der Waals surface area contributed by atoms with Crippen molar-refractivity contribution in [1.82, 2.24) is 5.32 Å². The van der Waals surface area contributed by atoms with E-state index in [0.29, 0.717) is 12.1 Å². The zero-order valence-electron chi connectivity index (χ0n) is 13.8. The summed E-state index contributed by atoms with van der Waals surface area (Å²) in [4.78, 5) is 12.2. The van der Waals surface area contributed by atoms with Gasteiger partial charge in [-0.15, -0.1) is 0 Å². The highest BCUT2D eigenvalue weighted by Gasteiger charge is 2.05. The molecule has 0 unspecified atom stereocenters. The van der Waals surface area contributed by atoms with Gasteiger partial charge >= 0.3 is 0 Å². The van der Waals surface area contributed by atoms with Crippen molar-refractivity contribution in [2.24, 2.45) is 0 Å². The van der Waals surface area contributed by atoms with E-state index in [1.807, 2.05) is 62.4 Å². The van der Waals surface area contributed by atoms with Crippen LogP contribution in [-0.4, -0.2) is 18.3 Å². The van der Waals surface area contributed by atoms with Gasteiger partial charge in [0.1, 0.15) is 5.75 Å². The molecule has 1 N–H and O–H groups in total. The van der Waals surface area contributed by atoms with E-state index in [0.717, 1.165) is 17.1 Å². The summed E-state index contributed by atoms with van der Waals surface area (Å²) in [6.45, 7) is 4.50. The van der Waals surface area contributed by atoms with Crippen LogP contribution in [0.2, 0.25) is 0 Å². The lowest BCUT2D eigenvalue weighted by molar-refractivity contribution is 0.0951. The lowest BCUT2D eigenvalue weighted by Gasteiger charge is -2.10. The molecule has 0 atom stereocenters. The summed E-state index contributed by atoms with van der Waals surface area (Å²) in [5, 5.41) is 2.94. The summed E-state index contributed by atoms with van der Waals surface area (Å²) in [5.41, 5.74) is 2.97. The first kappa shape index (κ1) is 17.4. The van der Waals surface area contributed by atoms with Gasteiger partial charge in [-0.3, -0.25) is 4.79 Å². The summed E-state index contributed by atoms with van der Waals surface area (Å²) in [7, 11) is 0. The summed E-state index contributed by atoms with van der Waals surface area (Å²) in [6.07, 6.45) is 2.23. The van der Waals surface area contributed by atoms with Crippen LogP contribution in [-0.2, 0) is 12.3 Å². The van der Waals surface area contributed by atoms with Crippen LogP contribution in [0, 0.1) is 0 Å². The van der Waals surface area contributed by atoms with E-state index in [4.69, 9.17) is 4.74 Å². The van der Waals surface area contributed by atoms with Gasteiger partial charge in [0.2, 0.25) is 0 Å². The highest BCUT2D eigenvalue weighted by atomic mass is 32.2. The smallest absolute Gasteiger partial charge is 0.251 e. The van der Waals surface area contributed by atoms with Crippen molar-refractivity contribution in [2.75, 3.05) is 6.26 Å². The van der Waals surface area contributed by atoms with Crippen molar-refractivity contribution in [1.29, 1.82) is 0 Å². The molecular weight excluding hydrogens is 306 g/mol. The number of amides is 1. The largest absolute Gasteiger partial charge is 0.491 e. The van der Waals surface area contributed by atoms with Gasteiger partial charge in [0.15, 0.2) is 0 Å². The minimum Gasteiger partial charge on any atom is -0.491 e. The van der Waals surface area contributed by atoms with Crippen LogP contribution in [0.3, 0.4) is 0 Å². The maximum atomic E-state index is 12.2. The maximum Gasteiger partial charge on any atom is 0.251 e. The highest BCUT2D eigenvalue weighted by Crippen LogP contribution is 2.14. The van der Waals surface area contributed by atoms with Gasteiger partial charge in [-0.2, -0.15) is 11.8 Å². The Labute approximate surface area is 142 Å². The van der Waals surface area contributed by atoms with Gasteiger partial charge < -0.3 is 10.1 Å². The van der Waals surface area contributed by atoms with Crippen molar-refractivity contribution < 1.29 is 9.53 Å². The Bertz CT molecular complexity index is 621. The second-order valence-electron chi connectivity index (χ2n) is 5.62. The van der Waals surface area contributed by atoms with Crippen LogP contribution >= 0.6 is 11.8 Å². The van der Waals surface area contributed by atoms with Crippen LogP contribution in [0.5, 0.6) is 5.75 Å². The first-order valence-corrected chi connectivity index (χ1v) is 9.09. The normalized spacial score (nSPS) is 10.6. The third-order valence-electron chi connectivity index (χ3n) is 3.28. The van der Waals surface area contributed by atoms with Gasteiger partial charge in [-0.1, -0.05) is 24.3 Å². The molecule has 0 aliphatic carbocycles. The molecule has 0 fully saturated rings. The number of carbonyl (C=O) groups excluding carboxylic acids is 1. The van der Waals surface area contributed by atoms with Crippen molar-refractivity contribution in [2.45, 2.75) is 32.2 Å². The van der Waals surface area contributed by atoms with E-state index in [2.05, 4.69) is 11.6 Å². The van der Waals surface area contributed by atoms with E-state index < -0.39 is 0 Å². The van der Waals surface area contributed by atoms with Crippen molar-refractivity contribution in [3.63, 3.8) is 0 Å². The van der Waals surface area contributed by atoms with Crippen molar-refractivity contribution >= 4 is 17.7 Å². The monoisotopic (exact) mass is 329 g/mol. The quantitative estimate of drug-likeness (QED) is 0.824. The average Bonchev–Trinajstić information content (AvgIpc) is 2.54. The van der Waals surface area contributed by atoms with E-state index in [1.54, 1.807) is 11.8 Å². The first-order valence-electron chi connectivity index (χ1n) is 7.70. The fourth-order valence-electron chi connectivity index (χ4n) is 2.16. The van der Waals surface area contributed by atoms with Gasteiger partial charge in [-0.05, 0) is 55.5 Å². The Hall–Kier alpha value is -1.94. The van der Waals surface area contributed by atoms with Gasteiger partial charge in [0, 0.05) is 17.9 Å². The molecule has 0 radical (unpaired) electrons. The molecule has 0 saturated carbocycles. The topological polar surface area (TPSA) is 38.3 Å². The van der Waals surface area contributed by atoms with Crippen LogP contribution < -0.4 is 10.1 Å². The minimum absolute atomic E-state index is 0.0526. The number of carbonyl (C=O) groups is 1. The molecular formula is C19H23NO2S. The Kier molecular flexibility index (Phi) is 6.53. The number of thioether (sulfide) groups is 1. The van der Waals surface area contributed by atoms with Crippen LogP contribution in [0.25, 0.3) is 0 Å². The molecule has 0 saturated heterocycles. The molecule has 1 amide bonds. The fraction of sp³-hybridized carbons (Fsp3) is 0.316. The lowest BCUT2D eigenvalue weighted by Crippen LogP contribution is -2.22. The second-order valence-corrected chi connectivity index (χ2v) is 6.49. The number of rotatable bonds is 7. The summed E-state index contributed by atoms with van der Waals surface area (Å²) < 4.78 is 5.61. The fourth-order valence-corrected chi connectivity index (χ4v) is 2.69. The molecule has 2 aromatic rings. The highest BCUT2D eigenvalue weighted by molar-refractivity contribution is 7.97. The maximum absolute atomic E-state index is 12.2. The molecule has 2 rings (SSSR count). The van der Waals surface area contributed by atoms with Gasteiger partial charge in [-0.25, -0.2) is 0 Å². The zero-order chi connectivity index (χ0) is 16.7. The molecule has 0 aromatic heterocycles. The number of nitrogens with one attached hydrogen (secondary N) is 1. The third-order valence-corrected chi connectivity index (χ3v) is 3.90. The molecule has 23 heavy (non-hydrogen) atoms. The molecule has 2 aromatic carbocycles. The van der Waals surface area contributed by atoms with E-state index in [9.17, 15) is 4.79 Å². The lowest BCUT2D eigenvalue weighted by atomic mass is 10.1. The average molecular weight is 329 g/mol. The molecule has 0 bridgehead atoms. The Balaban J connectivity index is 1.88. The van der Waals surface area contributed by atoms with E-state index in [-0.39, 0.29) is 12.0 Å². The molecule has 0 spiro atoms. The van der Waals surface area contributed by atoms with Gasteiger partial charge in [0.05, 0.1) is 6.10 Å². The van der Waals surface area contributed by atoms with Crippen LogP contribution in [0.4, 0.5) is 0 Å². The predicted molar refractivity (Wildman–Crippen MR) is 97.0 cm³/mol. The van der Waals surface area contributed by atoms with Crippen LogP contribution in [0.1, 0.15) is 35.3 Å². The summed E-state index contributed by atoms with van der Waals surface area (Å²) in [6, 6.07) is 15.6. The standard InChI is InChI=1S/C19H23NO2S/c1-14(2)22-18-10-6-15(7-11-18)12-20-19(21)17-8-4-16(5-9-17)13-23-3/h4-11,14H,12-13H2,1-3H3,(H,20,21). The number of hydrogen-bond donors (Lipinski definition) is 1. The van der Waals surface area contributed by atoms with Crippen LogP contribution in [0.15, 0.2) is 48.5 Å². The minimum atomic E-state index is -0.0526. The Morgan fingerprint density at radius 3 is 2.22 bits per heavy atom. The number of ether oxygens (including phenoxy) is 1. The number of hydrogen-bond acceptors (Lipinski definition) is 3. The Morgan fingerprint density at radius 2 is 1.65 bits per heavy atom. The van der Waals surface area contributed by atoms with Gasteiger partial charge in [0.25, 0.3) is 5.91 Å². The van der Waals surface area contributed by atoms with E-state index in [1.165, 1.54) is 5.56 Å². The SMILES string of the molecule is CSCc1ccc(C(=O)NCc2ccc(OC(C)C)cc2)cc1. The molecule has 0 aliphatic rings. The zero-order valence-corrected chi connectivity index (χ0v) is 14.7. The predicted octanol–water partition coefficient (Wildman–Crippen LogP) is 4.27. The summed E-state index contributed by atoms with van der Waals surface area (Å²) in [5.74, 6) is 1.76. The molecule has 122 valence electrons. The third kappa shape index (κ3) is 5.64. The second kappa shape index (κ2) is 8.63. The molecule has 3 nitrogen and oxygen atoms in total. The molecule has 4 heteroatoms. The van der Waals surface area contributed by atoms with Crippen molar-refractivity contribution in [3.8, 4) is 5.75 Å². The first-order chi connectivity index (χ1) is 11.1.